The Kier molecular flexibility index (Phi) is 12.0. The van der Waals surface area contributed by atoms with E-state index in [0.717, 1.165) is 0 Å². The monoisotopic (exact) mass is 583 g/mol. The van der Waals surface area contributed by atoms with Crippen LogP contribution in [0.1, 0.15) is 38.2 Å². The number of nitro benzene ring substituents is 1. The van der Waals surface area contributed by atoms with E-state index in [0.29, 0.717) is 48.7 Å². The second-order valence-electron chi connectivity index (χ2n) is 9.74. The predicted molar refractivity (Wildman–Crippen MR) is 155 cm³/mol. The fraction of sp³-hybridized carbons (Fsp3) is 0.433. The lowest BCUT2D eigenvalue weighted by molar-refractivity contribution is -0.385. The number of nitrogens with one attached hydrogen (secondary N) is 1. The van der Waals surface area contributed by atoms with Gasteiger partial charge in [-0.2, -0.15) is 0 Å². The van der Waals surface area contributed by atoms with E-state index in [2.05, 4.69) is 10.3 Å². The van der Waals surface area contributed by atoms with Crippen LogP contribution >= 0.6 is 0 Å². The molecule has 12 nitrogen and oxygen atoms in total. The summed E-state index contributed by atoms with van der Waals surface area (Å²) in [6, 6.07) is 13.3. The summed E-state index contributed by atoms with van der Waals surface area (Å²) in [7, 11) is 2.47. The van der Waals surface area contributed by atoms with Crippen LogP contribution in [0.4, 0.5) is 5.69 Å². The van der Waals surface area contributed by atoms with Crippen LogP contribution in [-0.4, -0.2) is 74.3 Å². The number of nitro groups is 1. The Morgan fingerprint density at radius 2 is 1.81 bits per heavy atom. The molecule has 12 heteroatoms. The molecule has 1 aliphatic heterocycles. The summed E-state index contributed by atoms with van der Waals surface area (Å²) < 4.78 is 21.6. The molecule has 0 radical (unpaired) electrons. The second-order valence-corrected chi connectivity index (χ2v) is 9.74. The van der Waals surface area contributed by atoms with Crippen LogP contribution in [0.2, 0.25) is 0 Å². The first-order chi connectivity index (χ1) is 20.2. The number of hydrogen-bond donors (Lipinski definition) is 2. The van der Waals surface area contributed by atoms with Crippen molar-refractivity contribution >= 4 is 23.3 Å². The molecule has 0 aliphatic carbocycles. The number of benzene rings is 2. The maximum atomic E-state index is 12.9. The van der Waals surface area contributed by atoms with Gasteiger partial charge >= 0.3 is 11.9 Å². The van der Waals surface area contributed by atoms with E-state index >= 15 is 0 Å². The number of nitrogens with zero attached hydrogens (tertiary/aromatic N) is 2. The minimum absolute atomic E-state index is 0.149. The predicted octanol–water partition coefficient (Wildman–Crippen LogP) is 3.58. The molecule has 1 aliphatic rings. The third-order valence-electron chi connectivity index (χ3n) is 6.80. The number of non-ortho nitro benzene ring substituents is 1. The molecule has 42 heavy (non-hydrogen) atoms. The van der Waals surface area contributed by atoms with Gasteiger partial charge in [-0.3, -0.25) is 19.9 Å². The molecular weight excluding hydrogens is 546 g/mol. The molecule has 2 N–H and O–H groups in total. The average molecular weight is 584 g/mol. The maximum Gasteiger partial charge on any atom is 0.336 e. The van der Waals surface area contributed by atoms with Crippen molar-refractivity contribution in [3.8, 4) is 11.5 Å². The Labute approximate surface area is 244 Å². The summed E-state index contributed by atoms with van der Waals surface area (Å²) in [6.07, 6.45) is 0.610. The third-order valence-corrected chi connectivity index (χ3v) is 6.80. The average Bonchev–Trinajstić information content (AvgIpc) is 2.98. The van der Waals surface area contributed by atoms with E-state index in [1.165, 1.54) is 32.4 Å². The Morgan fingerprint density at radius 1 is 1.07 bits per heavy atom. The molecule has 1 heterocycles. The highest BCUT2D eigenvalue weighted by Crippen LogP contribution is 2.44. The Hall–Kier alpha value is -4.29. The highest BCUT2D eigenvalue weighted by Gasteiger charge is 2.43. The van der Waals surface area contributed by atoms with Crippen molar-refractivity contribution in [1.82, 2.24) is 5.32 Å². The fourth-order valence-corrected chi connectivity index (χ4v) is 4.77. The highest BCUT2D eigenvalue weighted by molar-refractivity contribution is 6.07. The molecule has 226 valence electrons. The minimum Gasteiger partial charge on any atom is -0.493 e. The summed E-state index contributed by atoms with van der Waals surface area (Å²) in [6.45, 7) is 4.63. The quantitative estimate of drug-likeness (QED) is 0.137. The zero-order chi connectivity index (χ0) is 30.6. The SMILES string of the molecule is COC(=O)C1=C(C)N=C(C)C(C(=O)OC)C1c1ccc([N+](=O)[O-])cc1OCCCCNCC(O)COc1ccccc1. The minimum atomic E-state index is -0.960. The third kappa shape index (κ3) is 8.37. The summed E-state index contributed by atoms with van der Waals surface area (Å²) >= 11 is 0. The fourth-order valence-electron chi connectivity index (χ4n) is 4.77. The molecule has 0 bridgehead atoms. The van der Waals surface area contributed by atoms with Crippen molar-refractivity contribution in [1.29, 1.82) is 0 Å². The zero-order valence-electron chi connectivity index (χ0n) is 24.2. The largest absolute Gasteiger partial charge is 0.493 e. The molecule has 3 rings (SSSR count). The number of aliphatic hydroxyl groups is 1. The molecule has 0 saturated heterocycles. The number of hydrogen-bond acceptors (Lipinski definition) is 11. The highest BCUT2D eigenvalue weighted by atomic mass is 16.6. The first-order valence-electron chi connectivity index (χ1n) is 13.6. The van der Waals surface area contributed by atoms with Gasteiger partial charge in [-0.05, 0) is 51.4 Å². The van der Waals surface area contributed by atoms with Crippen LogP contribution in [-0.2, 0) is 19.1 Å². The molecule has 0 aromatic heterocycles. The van der Waals surface area contributed by atoms with E-state index in [-0.39, 0.29) is 30.2 Å². The number of aliphatic hydroxyl groups excluding tert-OH is 1. The standard InChI is InChI=1S/C30H37N3O9/c1-19-26(29(35)39-3)28(27(20(2)32-19)30(36)40-4)24-13-12-21(33(37)38)16-25(24)41-15-9-8-14-31-17-22(34)18-42-23-10-6-5-7-11-23/h5-7,10-13,16,22,26,28,31,34H,8-9,14-15,17-18H2,1-4H3. The van der Waals surface area contributed by atoms with Crippen molar-refractivity contribution in [2.75, 3.05) is 40.5 Å². The number of aliphatic imine (C=N–C) groups is 1. The van der Waals surface area contributed by atoms with Crippen LogP contribution < -0.4 is 14.8 Å². The first-order valence-corrected chi connectivity index (χ1v) is 13.6. The molecule has 0 fully saturated rings. The van der Waals surface area contributed by atoms with E-state index in [1.54, 1.807) is 13.8 Å². The smallest absolute Gasteiger partial charge is 0.336 e. The number of ether oxygens (including phenoxy) is 4. The lowest BCUT2D eigenvalue weighted by Gasteiger charge is -2.32. The number of methoxy groups -OCH3 is 2. The molecule has 3 atom stereocenters. The van der Waals surface area contributed by atoms with Crippen LogP contribution in [0.3, 0.4) is 0 Å². The molecule has 0 saturated carbocycles. The Bertz CT molecular complexity index is 1310. The second kappa shape index (κ2) is 15.6. The number of unbranched alkanes of at least 4 members (excludes halogenated alkanes) is 1. The number of carbonyl (C=O) groups excluding carboxylic acids is 2. The van der Waals surface area contributed by atoms with Crippen molar-refractivity contribution in [3.05, 3.63) is 75.5 Å². The normalized spacial score (nSPS) is 17.2. The van der Waals surface area contributed by atoms with Crippen LogP contribution in [0.15, 0.2) is 64.8 Å². The first kappa shape index (κ1) is 32.2. The van der Waals surface area contributed by atoms with Crippen LogP contribution in [0, 0.1) is 16.0 Å². The summed E-state index contributed by atoms with van der Waals surface area (Å²) in [5, 5.41) is 24.9. The van der Waals surface area contributed by atoms with Gasteiger partial charge in [0.1, 0.15) is 30.1 Å². The topological polar surface area (TPSA) is 159 Å². The Balaban J connectivity index is 1.67. The van der Waals surface area contributed by atoms with Gasteiger partial charge in [-0.15, -0.1) is 0 Å². The van der Waals surface area contributed by atoms with Gasteiger partial charge < -0.3 is 29.4 Å². The van der Waals surface area contributed by atoms with Gasteiger partial charge in [0.15, 0.2) is 0 Å². The lowest BCUT2D eigenvalue weighted by atomic mass is 9.75. The zero-order valence-corrected chi connectivity index (χ0v) is 24.2. The van der Waals surface area contributed by atoms with Crippen molar-refractivity contribution in [2.24, 2.45) is 10.9 Å². The molecule has 2 aromatic carbocycles. The molecular formula is C30H37N3O9. The summed E-state index contributed by atoms with van der Waals surface area (Å²) in [4.78, 5) is 41.1. The van der Waals surface area contributed by atoms with E-state index in [1.807, 2.05) is 30.3 Å². The molecule has 0 amide bonds. The van der Waals surface area contributed by atoms with Gasteiger partial charge in [0.25, 0.3) is 5.69 Å². The van der Waals surface area contributed by atoms with Crippen LogP contribution in [0.5, 0.6) is 11.5 Å². The number of allylic oxidation sites excluding steroid dienone is 1. The van der Waals surface area contributed by atoms with Crippen molar-refractivity contribution < 1.29 is 38.6 Å². The van der Waals surface area contributed by atoms with Crippen LogP contribution in [0.25, 0.3) is 0 Å². The van der Waals surface area contributed by atoms with Gasteiger partial charge in [0, 0.05) is 35.5 Å². The molecule has 2 aromatic rings. The number of carbonyl (C=O) groups is 2. The molecule has 0 spiro atoms. The number of para-hydroxylation sites is 1. The van der Waals surface area contributed by atoms with Crippen molar-refractivity contribution in [3.63, 3.8) is 0 Å². The summed E-state index contributed by atoms with van der Waals surface area (Å²) in [5.74, 6) is -2.27. The van der Waals surface area contributed by atoms with Crippen molar-refractivity contribution in [2.45, 2.75) is 38.7 Å². The molecule has 3 unspecified atom stereocenters. The Morgan fingerprint density at radius 3 is 2.48 bits per heavy atom. The summed E-state index contributed by atoms with van der Waals surface area (Å²) in [5.41, 5.74) is 1.17. The van der Waals surface area contributed by atoms with Gasteiger partial charge in [-0.1, -0.05) is 18.2 Å². The maximum absolute atomic E-state index is 12.9. The van der Waals surface area contributed by atoms with Gasteiger partial charge in [-0.25, -0.2) is 4.79 Å². The van der Waals surface area contributed by atoms with E-state index in [9.17, 15) is 24.8 Å². The van der Waals surface area contributed by atoms with E-state index < -0.39 is 34.8 Å². The van der Waals surface area contributed by atoms with Gasteiger partial charge in [0.05, 0.1) is 37.4 Å². The van der Waals surface area contributed by atoms with Gasteiger partial charge in [0.2, 0.25) is 0 Å². The lowest BCUT2D eigenvalue weighted by Crippen LogP contribution is -2.36. The van der Waals surface area contributed by atoms with E-state index in [4.69, 9.17) is 18.9 Å². The number of rotatable bonds is 15. The number of esters is 2.